The molecule has 2 aromatic rings. The van der Waals surface area contributed by atoms with Gasteiger partial charge in [0.25, 0.3) is 0 Å². The number of halogens is 1. The summed E-state index contributed by atoms with van der Waals surface area (Å²) in [5.41, 5.74) is 3.18. The Morgan fingerprint density at radius 2 is 2.15 bits per heavy atom. The number of carbonyl (C=O) groups excluding carboxylic acids is 1. The van der Waals surface area contributed by atoms with Crippen LogP contribution in [0.3, 0.4) is 0 Å². The molecule has 138 valence electrons. The SMILES string of the molecule is CC1=C(C(=O)OCCC#N)C(c2ccccc2Cl)C(c2nnco2)=C(C)N1. The minimum atomic E-state index is -0.546. The Morgan fingerprint density at radius 3 is 2.81 bits per heavy atom. The molecule has 1 N–H and O–H groups in total. The molecule has 0 saturated heterocycles. The summed E-state index contributed by atoms with van der Waals surface area (Å²) in [6, 6.07) is 9.22. The van der Waals surface area contributed by atoms with Crippen molar-refractivity contribution in [2.75, 3.05) is 6.61 Å². The van der Waals surface area contributed by atoms with E-state index in [4.69, 9.17) is 26.0 Å². The zero-order chi connectivity index (χ0) is 19.4. The summed E-state index contributed by atoms with van der Waals surface area (Å²) in [4.78, 5) is 12.8. The van der Waals surface area contributed by atoms with E-state index in [1.807, 2.05) is 31.2 Å². The number of hydrogen-bond donors (Lipinski definition) is 1. The number of aromatic nitrogens is 2. The lowest BCUT2D eigenvalue weighted by molar-refractivity contribution is -0.139. The second-order valence-corrected chi connectivity index (χ2v) is 6.35. The molecule has 3 rings (SSSR count). The molecule has 1 unspecified atom stereocenters. The molecule has 0 aliphatic carbocycles. The third-order valence-electron chi connectivity index (χ3n) is 4.23. The molecule has 2 heterocycles. The molecular formula is C19H17ClN4O3. The van der Waals surface area contributed by atoms with E-state index in [1.165, 1.54) is 6.39 Å². The summed E-state index contributed by atoms with van der Waals surface area (Å²) in [5, 5.41) is 20.1. The molecule has 0 saturated carbocycles. The third-order valence-corrected chi connectivity index (χ3v) is 4.58. The van der Waals surface area contributed by atoms with Gasteiger partial charge in [0.15, 0.2) is 0 Å². The van der Waals surface area contributed by atoms with Crippen molar-refractivity contribution in [2.45, 2.75) is 26.2 Å². The maximum absolute atomic E-state index is 12.8. The summed E-state index contributed by atoms with van der Waals surface area (Å²) >= 11 is 6.45. The van der Waals surface area contributed by atoms with Gasteiger partial charge in [-0.15, -0.1) is 10.2 Å². The summed E-state index contributed by atoms with van der Waals surface area (Å²) in [7, 11) is 0. The van der Waals surface area contributed by atoms with Gasteiger partial charge < -0.3 is 14.5 Å². The van der Waals surface area contributed by atoms with Crippen LogP contribution in [-0.2, 0) is 9.53 Å². The molecule has 0 fully saturated rings. The highest BCUT2D eigenvalue weighted by Gasteiger charge is 2.37. The van der Waals surface area contributed by atoms with Gasteiger partial charge in [0.1, 0.15) is 6.61 Å². The molecule has 1 aromatic carbocycles. The highest BCUT2D eigenvalue weighted by atomic mass is 35.5. The Balaban J connectivity index is 2.13. The zero-order valence-corrected chi connectivity index (χ0v) is 15.6. The zero-order valence-electron chi connectivity index (χ0n) is 14.8. The van der Waals surface area contributed by atoms with Gasteiger partial charge in [-0.2, -0.15) is 5.26 Å². The average molecular weight is 385 g/mol. The first-order valence-electron chi connectivity index (χ1n) is 8.28. The normalized spacial score (nSPS) is 16.7. The average Bonchev–Trinajstić information content (AvgIpc) is 3.16. The van der Waals surface area contributed by atoms with Crippen molar-refractivity contribution >= 4 is 23.1 Å². The topological polar surface area (TPSA) is 101 Å². The molecular weight excluding hydrogens is 368 g/mol. The minimum Gasteiger partial charge on any atom is -0.461 e. The van der Waals surface area contributed by atoms with E-state index in [0.29, 0.717) is 27.8 Å². The third kappa shape index (κ3) is 3.71. The fraction of sp³-hybridized carbons (Fsp3) is 0.263. The van der Waals surface area contributed by atoms with Crippen LogP contribution in [-0.4, -0.2) is 22.8 Å². The summed E-state index contributed by atoms with van der Waals surface area (Å²) in [6.45, 7) is 3.67. The summed E-state index contributed by atoms with van der Waals surface area (Å²) in [6.07, 6.45) is 1.35. The Bertz CT molecular complexity index is 958. The first-order chi connectivity index (χ1) is 13.0. The van der Waals surface area contributed by atoms with Crippen LogP contribution in [0.25, 0.3) is 5.57 Å². The van der Waals surface area contributed by atoms with Crippen LogP contribution in [0.4, 0.5) is 0 Å². The largest absolute Gasteiger partial charge is 0.461 e. The summed E-state index contributed by atoms with van der Waals surface area (Å²) in [5.74, 6) is -0.778. The number of hydrogen-bond acceptors (Lipinski definition) is 7. The second-order valence-electron chi connectivity index (χ2n) is 5.94. The van der Waals surface area contributed by atoms with Gasteiger partial charge in [-0.1, -0.05) is 29.8 Å². The van der Waals surface area contributed by atoms with Crippen molar-refractivity contribution < 1.29 is 13.9 Å². The lowest BCUT2D eigenvalue weighted by atomic mass is 9.80. The fourth-order valence-corrected chi connectivity index (χ4v) is 3.37. The Labute approximate surface area is 161 Å². The van der Waals surface area contributed by atoms with E-state index < -0.39 is 11.9 Å². The van der Waals surface area contributed by atoms with Crippen LogP contribution in [0.2, 0.25) is 5.02 Å². The van der Waals surface area contributed by atoms with Crippen molar-refractivity contribution in [3.63, 3.8) is 0 Å². The number of nitrogens with one attached hydrogen (secondary N) is 1. The molecule has 7 nitrogen and oxygen atoms in total. The number of nitriles is 1. The van der Waals surface area contributed by atoms with Gasteiger partial charge in [-0.25, -0.2) is 4.79 Å². The quantitative estimate of drug-likeness (QED) is 0.621. The van der Waals surface area contributed by atoms with E-state index in [-0.39, 0.29) is 13.0 Å². The number of rotatable bonds is 5. The van der Waals surface area contributed by atoms with E-state index in [9.17, 15) is 4.79 Å². The van der Waals surface area contributed by atoms with Crippen LogP contribution < -0.4 is 5.32 Å². The predicted molar refractivity (Wildman–Crippen MR) is 98.1 cm³/mol. The fourth-order valence-electron chi connectivity index (χ4n) is 3.13. The molecule has 1 atom stereocenters. The van der Waals surface area contributed by atoms with Gasteiger partial charge in [0.2, 0.25) is 12.3 Å². The monoisotopic (exact) mass is 384 g/mol. The Hall–Kier alpha value is -3.11. The Morgan fingerprint density at radius 1 is 1.37 bits per heavy atom. The molecule has 0 bridgehead atoms. The molecule has 27 heavy (non-hydrogen) atoms. The lowest BCUT2D eigenvalue weighted by Crippen LogP contribution is -2.29. The highest BCUT2D eigenvalue weighted by Crippen LogP contribution is 2.45. The second kappa shape index (κ2) is 8.06. The lowest BCUT2D eigenvalue weighted by Gasteiger charge is -2.30. The van der Waals surface area contributed by atoms with Crippen molar-refractivity contribution in [1.82, 2.24) is 15.5 Å². The molecule has 0 spiro atoms. The number of allylic oxidation sites excluding steroid dienone is 3. The van der Waals surface area contributed by atoms with Crippen molar-refractivity contribution in [2.24, 2.45) is 0 Å². The van der Waals surface area contributed by atoms with E-state index >= 15 is 0 Å². The van der Waals surface area contributed by atoms with Gasteiger partial charge in [-0.3, -0.25) is 0 Å². The predicted octanol–water partition coefficient (Wildman–Crippen LogP) is 3.57. The van der Waals surface area contributed by atoms with Crippen LogP contribution in [0.15, 0.2) is 52.0 Å². The number of carbonyl (C=O) groups is 1. The number of benzene rings is 1. The standard InChI is InChI=1S/C19H17ClN4O3/c1-11-15(18-24-22-10-27-18)17(13-6-3-4-7-14(13)20)16(12(2)23-11)19(25)26-9-5-8-21/h3-4,6-7,10,17,23H,5,9H2,1-2H3. The molecule has 0 radical (unpaired) electrons. The van der Waals surface area contributed by atoms with E-state index in [1.54, 1.807) is 13.0 Å². The maximum atomic E-state index is 12.8. The van der Waals surface area contributed by atoms with Crippen molar-refractivity contribution in [1.29, 1.82) is 5.26 Å². The van der Waals surface area contributed by atoms with Crippen molar-refractivity contribution in [3.8, 4) is 6.07 Å². The molecule has 1 aromatic heterocycles. The smallest absolute Gasteiger partial charge is 0.336 e. The van der Waals surface area contributed by atoms with Crippen LogP contribution in [0, 0.1) is 11.3 Å². The first kappa shape index (κ1) is 18.7. The summed E-state index contributed by atoms with van der Waals surface area (Å²) < 4.78 is 10.7. The Kier molecular flexibility index (Phi) is 5.57. The molecule has 1 aliphatic rings. The van der Waals surface area contributed by atoms with Crippen LogP contribution in [0.5, 0.6) is 0 Å². The van der Waals surface area contributed by atoms with Gasteiger partial charge >= 0.3 is 5.97 Å². The number of ether oxygens (including phenoxy) is 1. The minimum absolute atomic E-state index is 0.0138. The van der Waals surface area contributed by atoms with Gasteiger partial charge in [0.05, 0.1) is 24.0 Å². The van der Waals surface area contributed by atoms with Gasteiger partial charge in [-0.05, 0) is 25.5 Å². The number of nitrogens with zero attached hydrogens (tertiary/aromatic N) is 3. The van der Waals surface area contributed by atoms with Gasteiger partial charge in [0, 0.05) is 22.0 Å². The van der Waals surface area contributed by atoms with Crippen LogP contribution in [0.1, 0.15) is 37.6 Å². The number of dihydropyridines is 1. The molecule has 0 amide bonds. The van der Waals surface area contributed by atoms with E-state index in [2.05, 4.69) is 15.5 Å². The van der Waals surface area contributed by atoms with Crippen LogP contribution >= 0.6 is 11.6 Å². The highest BCUT2D eigenvalue weighted by molar-refractivity contribution is 6.31. The molecule has 8 heteroatoms. The van der Waals surface area contributed by atoms with Crippen molar-refractivity contribution in [3.05, 3.63) is 64.1 Å². The number of esters is 1. The molecule has 1 aliphatic heterocycles. The maximum Gasteiger partial charge on any atom is 0.336 e. The van der Waals surface area contributed by atoms with E-state index in [0.717, 1.165) is 11.3 Å². The first-order valence-corrected chi connectivity index (χ1v) is 8.66.